The van der Waals surface area contributed by atoms with Gasteiger partial charge in [0.05, 0.1) is 17.5 Å². The Labute approximate surface area is 140 Å². The topological polar surface area (TPSA) is 44.5 Å². The number of aromatic nitrogens is 2. The molecule has 5 nitrogen and oxygen atoms in total. The molecule has 3 heterocycles. The van der Waals surface area contributed by atoms with Gasteiger partial charge in [-0.3, -0.25) is 9.58 Å². The molecule has 130 valence electrons. The van der Waals surface area contributed by atoms with Gasteiger partial charge in [0.2, 0.25) is 0 Å². The molecule has 0 bridgehead atoms. The van der Waals surface area contributed by atoms with Crippen molar-refractivity contribution in [3.63, 3.8) is 0 Å². The molecule has 1 saturated heterocycles. The molecule has 0 amide bonds. The lowest BCUT2D eigenvalue weighted by molar-refractivity contribution is 0.129. The van der Waals surface area contributed by atoms with Gasteiger partial charge in [-0.2, -0.15) is 5.10 Å². The minimum Gasteiger partial charge on any atom is -0.387 e. The molecule has 0 aromatic carbocycles. The van der Waals surface area contributed by atoms with Gasteiger partial charge in [0.25, 0.3) is 0 Å². The largest absolute Gasteiger partial charge is 0.387 e. The monoisotopic (exact) mass is 320 g/mol. The van der Waals surface area contributed by atoms with Crippen LogP contribution in [0.5, 0.6) is 0 Å². The van der Waals surface area contributed by atoms with Gasteiger partial charge < -0.3 is 10.0 Å². The van der Waals surface area contributed by atoms with Crippen LogP contribution in [0, 0.1) is 5.41 Å². The molecule has 0 unspecified atom stereocenters. The minimum atomic E-state index is -0.477. The minimum absolute atomic E-state index is 0.312. The van der Waals surface area contributed by atoms with Crippen molar-refractivity contribution in [1.82, 2.24) is 19.6 Å². The molecular weight excluding hydrogens is 288 g/mol. The highest BCUT2D eigenvalue weighted by Gasteiger charge is 2.28. The Morgan fingerprint density at radius 1 is 1.09 bits per heavy atom. The molecule has 1 N–H and O–H groups in total. The Morgan fingerprint density at radius 2 is 1.74 bits per heavy atom. The summed E-state index contributed by atoms with van der Waals surface area (Å²) in [6.45, 7) is 14.5. The molecule has 1 atom stereocenters. The summed E-state index contributed by atoms with van der Waals surface area (Å²) in [7, 11) is 0. The summed E-state index contributed by atoms with van der Waals surface area (Å²) in [6, 6.07) is 2.08. The second-order valence-electron chi connectivity index (χ2n) is 8.17. The van der Waals surface area contributed by atoms with Gasteiger partial charge in [0.1, 0.15) is 0 Å². The van der Waals surface area contributed by atoms with Gasteiger partial charge in [-0.05, 0) is 50.8 Å². The first-order valence-electron chi connectivity index (χ1n) is 9.12. The fraction of sp³-hybridized carbons (Fsp3) is 0.833. The SMILES string of the molecule is C[C@@H](O)c1cc2n(n1)CCCN(CC(C)(C)CN1CCCC1)C2. The molecule has 5 heteroatoms. The fourth-order valence-electron chi connectivity index (χ4n) is 4.09. The van der Waals surface area contributed by atoms with Crippen molar-refractivity contribution in [3.8, 4) is 0 Å². The second-order valence-corrected chi connectivity index (χ2v) is 8.17. The molecular formula is C18H32N4O. The standard InChI is InChI=1S/C18H32N4O/c1-15(23)17-11-16-12-21(9-6-10-22(16)19-17)14-18(2,3)13-20-7-4-5-8-20/h11,15,23H,4-10,12-14H2,1-3H3/t15-/m1/s1. The van der Waals surface area contributed by atoms with Crippen LogP contribution in [0.25, 0.3) is 0 Å². The highest BCUT2D eigenvalue weighted by atomic mass is 16.3. The van der Waals surface area contributed by atoms with Crippen molar-refractivity contribution >= 4 is 0 Å². The number of hydrogen-bond acceptors (Lipinski definition) is 4. The van der Waals surface area contributed by atoms with E-state index in [2.05, 4.69) is 39.5 Å². The van der Waals surface area contributed by atoms with Crippen molar-refractivity contribution < 1.29 is 5.11 Å². The molecule has 2 aliphatic heterocycles. The average molecular weight is 320 g/mol. The highest BCUT2D eigenvalue weighted by molar-refractivity contribution is 5.13. The van der Waals surface area contributed by atoms with E-state index >= 15 is 0 Å². The second kappa shape index (κ2) is 6.91. The zero-order valence-electron chi connectivity index (χ0n) is 15.0. The average Bonchev–Trinajstić information content (AvgIpc) is 3.05. The molecule has 0 saturated carbocycles. The Hall–Kier alpha value is -0.910. The van der Waals surface area contributed by atoms with E-state index in [-0.39, 0.29) is 0 Å². The zero-order valence-corrected chi connectivity index (χ0v) is 15.0. The molecule has 3 rings (SSSR count). The number of hydrogen-bond donors (Lipinski definition) is 1. The molecule has 0 radical (unpaired) electrons. The van der Waals surface area contributed by atoms with Gasteiger partial charge in [0.15, 0.2) is 0 Å². The third kappa shape index (κ3) is 4.34. The number of aliphatic hydroxyl groups excluding tert-OH is 1. The van der Waals surface area contributed by atoms with Crippen LogP contribution >= 0.6 is 0 Å². The Kier molecular flexibility index (Phi) is 5.09. The Bertz CT molecular complexity index is 517. The predicted molar refractivity (Wildman–Crippen MR) is 92.2 cm³/mol. The molecule has 1 aromatic heterocycles. The normalized spacial score (nSPS) is 22.1. The molecule has 2 aliphatic rings. The van der Waals surface area contributed by atoms with Crippen LogP contribution in [0.15, 0.2) is 6.07 Å². The quantitative estimate of drug-likeness (QED) is 0.904. The third-order valence-corrected chi connectivity index (χ3v) is 5.04. The van der Waals surface area contributed by atoms with Crippen molar-refractivity contribution in [1.29, 1.82) is 0 Å². The van der Waals surface area contributed by atoms with Crippen LogP contribution in [0.2, 0.25) is 0 Å². The van der Waals surface area contributed by atoms with Crippen LogP contribution in [-0.2, 0) is 13.1 Å². The van der Waals surface area contributed by atoms with E-state index in [1.54, 1.807) is 6.92 Å². The first kappa shape index (κ1) is 16.9. The summed E-state index contributed by atoms with van der Waals surface area (Å²) in [5.74, 6) is 0. The summed E-state index contributed by atoms with van der Waals surface area (Å²) in [5, 5.41) is 14.3. The maximum absolute atomic E-state index is 9.76. The molecule has 23 heavy (non-hydrogen) atoms. The summed E-state index contributed by atoms with van der Waals surface area (Å²) in [4.78, 5) is 5.19. The fourth-order valence-corrected chi connectivity index (χ4v) is 4.09. The van der Waals surface area contributed by atoms with Gasteiger partial charge >= 0.3 is 0 Å². The molecule has 1 aromatic rings. The van der Waals surface area contributed by atoms with E-state index in [1.807, 2.05) is 0 Å². The van der Waals surface area contributed by atoms with Gasteiger partial charge in [0, 0.05) is 32.7 Å². The van der Waals surface area contributed by atoms with Crippen LogP contribution in [0.4, 0.5) is 0 Å². The first-order chi connectivity index (χ1) is 10.9. The molecule has 1 fully saturated rings. The molecule has 0 aliphatic carbocycles. The van der Waals surface area contributed by atoms with Crippen LogP contribution in [0.3, 0.4) is 0 Å². The van der Waals surface area contributed by atoms with E-state index in [4.69, 9.17) is 0 Å². The van der Waals surface area contributed by atoms with Crippen molar-refractivity contribution in [2.45, 2.75) is 59.2 Å². The number of likely N-dealkylation sites (tertiary alicyclic amines) is 1. The number of rotatable bonds is 5. The first-order valence-corrected chi connectivity index (χ1v) is 9.12. The van der Waals surface area contributed by atoms with Crippen molar-refractivity contribution in [3.05, 3.63) is 17.5 Å². The van der Waals surface area contributed by atoms with Crippen LogP contribution in [-0.4, -0.2) is 57.4 Å². The number of aliphatic hydroxyl groups is 1. The van der Waals surface area contributed by atoms with E-state index in [0.717, 1.165) is 38.3 Å². The van der Waals surface area contributed by atoms with Gasteiger partial charge in [-0.1, -0.05) is 13.8 Å². The van der Waals surface area contributed by atoms with Crippen LogP contribution < -0.4 is 0 Å². The van der Waals surface area contributed by atoms with E-state index in [9.17, 15) is 5.11 Å². The summed E-state index contributed by atoms with van der Waals surface area (Å²) >= 11 is 0. The number of fused-ring (bicyclic) bond motifs is 1. The van der Waals surface area contributed by atoms with Gasteiger partial charge in [-0.15, -0.1) is 0 Å². The third-order valence-electron chi connectivity index (χ3n) is 5.04. The lowest BCUT2D eigenvalue weighted by Crippen LogP contribution is -2.41. The van der Waals surface area contributed by atoms with E-state index < -0.39 is 6.10 Å². The maximum Gasteiger partial charge on any atom is 0.0950 e. The zero-order chi connectivity index (χ0) is 16.4. The van der Waals surface area contributed by atoms with Crippen molar-refractivity contribution in [2.24, 2.45) is 5.41 Å². The Morgan fingerprint density at radius 3 is 2.43 bits per heavy atom. The Balaban J connectivity index is 1.63. The smallest absolute Gasteiger partial charge is 0.0950 e. The van der Waals surface area contributed by atoms with Crippen LogP contribution in [0.1, 0.15) is 57.5 Å². The van der Waals surface area contributed by atoms with Crippen molar-refractivity contribution in [2.75, 3.05) is 32.7 Å². The summed E-state index contributed by atoms with van der Waals surface area (Å²) in [5.41, 5.74) is 2.36. The van der Waals surface area contributed by atoms with E-state index in [0.29, 0.717) is 5.41 Å². The highest BCUT2D eigenvalue weighted by Crippen LogP contribution is 2.24. The van der Waals surface area contributed by atoms with E-state index in [1.165, 1.54) is 38.2 Å². The molecule has 0 spiro atoms. The summed E-state index contributed by atoms with van der Waals surface area (Å²) < 4.78 is 2.09. The number of nitrogens with zero attached hydrogens (tertiary/aromatic N) is 4. The summed E-state index contributed by atoms with van der Waals surface area (Å²) in [6.07, 6.45) is 3.38. The maximum atomic E-state index is 9.76. The number of aryl methyl sites for hydroxylation is 1. The van der Waals surface area contributed by atoms with Gasteiger partial charge in [-0.25, -0.2) is 0 Å². The lowest BCUT2D eigenvalue weighted by Gasteiger charge is -2.35. The predicted octanol–water partition coefficient (Wildman–Crippen LogP) is 2.26. The lowest BCUT2D eigenvalue weighted by atomic mass is 9.91.